The van der Waals surface area contributed by atoms with Crippen LogP contribution >= 0.6 is 11.8 Å². The third-order valence-electron chi connectivity index (χ3n) is 5.12. The maximum atomic E-state index is 12.3. The number of ether oxygens (including phenoxy) is 1. The molecule has 3 aromatic rings. The van der Waals surface area contributed by atoms with E-state index in [2.05, 4.69) is 49.3 Å². The van der Waals surface area contributed by atoms with Gasteiger partial charge in [0.05, 0.1) is 0 Å². The van der Waals surface area contributed by atoms with Crippen molar-refractivity contribution in [1.29, 1.82) is 0 Å². The van der Waals surface area contributed by atoms with Crippen LogP contribution in [0.1, 0.15) is 29.8 Å². The molecule has 7 nitrogen and oxygen atoms in total. The molecule has 0 radical (unpaired) electrons. The number of benzene rings is 2. The van der Waals surface area contributed by atoms with Crippen molar-refractivity contribution >= 4 is 29.4 Å². The largest absolute Gasteiger partial charge is 0.491 e. The molecule has 33 heavy (non-hydrogen) atoms. The fourth-order valence-corrected chi connectivity index (χ4v) is 4.27. The second kappa shape index (κ2) is 9.65. The summed E-state index contributed by atoms with van der Waals surface area (Å²) in [6, 6.07) is 15.7. The first-order valence-corrected chi connectivity index (χ1v) is 11.0. The summed E-state index contributed by atoms with van der Waals surface area (Å²) in [5, 5.41) is 9.43. The monoisotopic (exact) mass is 476 g/mol. The van der Waals surface area contributed by atoms with Gasteiger partial charge in [0.2, 0.25) is 5.69 Å². The summed E-state index contributed by atoms with van der Waals surface area (Å²) in [4.78, 5) is 25.8. The topological polar surface area (TPSA) is 88.2 Å². The fraction of sp³-hybridized carbons (Fsp3) is 0.273. The van der Waals surface area contributed by atoms with Crippen molar-refractivity contribution in [2.24, 2.45) is 0 Å². The molecule has 1 saturated heterocycles. The molecule has 1 aliphatic rings. The first kappa shape index (κ1) is 22.8. The number of halogens is 3. The fourth-order valence-electron chi connectivity index (χ4n) is 3.46. The van der Waals surface area contributed by atoms with Crippen molar-refractivity contribution < 1.29 is 27.5 Å². The Morgan fingerprint density at radius 1 is 0.909 bits per heavy atom. The molecule has 1 aromatic heterocycles. The number of aromatic nitrogens is 3. The average Bonchev–Trinajstić information content (AvgIpc) is 3.28. The molecule has 11 heteroatoms. The average molecular weight is 476 g/mol. The highest BCUT2D eigenvalue weighted by Crippen LogP contribution is 2.31. The first-order chi connectivity index (χ1) is 15.8. The maximum Gasteiger partial charge on any atom is 0.491 e. The zero-order valence-electron chi connectivity index (χ0n) is 17.3. The van der Waals surface area contributed by atoms with Crippen LogP contribution in [0.15, 0.2) is 58.5 Å². The van der Waals surface area contributed by atoms with Crippen LogP contribution in [-0.2, 0) is 9.53 Å². The summed E-state index contributed by atoms with van der Waals surface area (Å²) in [5.41, 5.74) is 2.74. The number of piperidine rings is 1. The van der Waals surface area contributed by atoms with Crippen LogP contribution in [0, 0.1) is 0 Å². The van der Waals surface area contributed by atoms with Crippen LogP contribution < -0.4 is 4.90 Å². The molecule has 0 atom stereocenters. The number of carbonyl (C=O) groups excluding carboxylic acids is 2. The second-order valence-electron chi connectivity index (χ2n) is 7.37. The van der Waals surface area contributed by atoms with Gasteiger partial charge in [-0.1, -0.05) is 36.0 Å². The first-order valence-electron chi connectivity index (χ1n) is 10.2. The zero-order valence-corrected chi connectivity index (χ0v) is 18.1. The minimum Gasteiger partial charge on any atom is -0.381 e. The van der Waals surface area contributed by atoms with E-state index in [-0.39, 0.29) is 5.03 Å². The molecule has 0 spiro atoms. The number of alkyl halides is 3. The van der Waals surface area contributed by atoms with Gasteiger partial charge in [0.15, 0.2) is 5.03 Å². The molecule has 172 valence electrons. The number of aromatic amines is 1. The highest BCUT2D eigenvalue weighted by molar-refractivity contribution is 7.99. The van der Waals surface area contributed by atoms with Crippen molar-refractivity contribution in [2.75, 3.05) is 18.0 Å². The maximum absolute atomic E-state index is 12.3. The highest BCUT2D eigenvalue weighted by atomic mass is 32.2. The number of nitrogens with zero attached hydrogens (tertiary/aromatic N) is 3. The van der Waals surface area contributed by atoms with Gasteiger partial charge < -0.3 is 9.64 Å². The minimum atomic E-state index is -5.28. The lowest BCUT2D eigenvalue weighted by atomic mass is 10.0. The van der Waals surface area contributed by atoms with Crippen molar-refractivity contribution in [2.45, 2.75) is 35.4 Å². The third kappa shape index (κ3) is 5.54. The summed E-state index contributed by atoms with van der Waals surface area (Å²) < 4.78 is 40.8. The molecule has 1 N–H and O–H groups in total. The van der Waals surface area contributed by atoms with Crippen molar-refractivity contribution in [3.63, 3.8) is 0 Å². The van der Waals surface area contributed by atoms with Crippen LogP contribution in [0.2, 0.25) is 0 Å². The molecule has 0 unspecified atom stereocenters. The summed E-state index contributed by atoms with van der Waals surface area (Å²) in [7, 11) is 0. The third-order valence-corrected chi connectivity index (χ3v) is 6.10. The molecule has 0 bridgehead atoms. The number of carbonyl (C=O) groups is 2. The van der Waals surface area contributed by atoms with E-state index in [4.69, 9.17) is 0 Å². The lowest BCUT2D eigenvalue weighted by molar-refractivity contribution is -0.193. The number of nitrogens with one attached hydrogen (secondary N) is 1. The lowest BCUT2D eigenvalue weighted by Gasteiger charge is -2.28. The molecule has 4 rings (SSSR count). The van der Waals surface area contributed by atoms with Crippen LogP contribution in [0.5, 0.6) is 0 Å². The van der Waals surface area contributed by atoms with Crippen molar-refractivity contribution in [3.05, 3.63) is 54.2 Å². The van der Waals surface area contributed by atoms with Gasteiger partial charge in [-0.25, -0.2) is 9.59 Å². The Bertz CT molecular complexity index is 1130. The van der Waals surface area contributed by atoms with Gasteiger partial charge >= 0.3 is 18.1 Å². The molecule has 2 heterocycles. The standard InChI is InChI=1S/C22H19F3N4O3S/c23-22(24,25)21(31)32-20(30)18-19(27-28-26-18)33-17-10-6-15(7-11-17)14-4-8-16(9-5-14)29-12-2-1-3-13-29/h4-11H,1-3,12-13H2,(H,26,27,28). The summed E-state index contributed by atoms with van der Waals surface area (Å²) >= 11 is 1.00. The van der Waals surface area contributed by atoms with Gasteiger partial charge in [0, 0.05) is 23.7 Å². The van der Waals surface area contributed by atoms with Gasteiger partial charge in [-0.2, -0.15) is 18.4 Å². The van der Waals surface area contributed by atoms with E-state index in [0.29, 0.717) is 4.90 Å². The number of H-pyrrole nitrogens is 1. The molecule has 1 fully saturated rings. The quantitative estimate of drug-likeness (QED) is 0.416. The molecule has 0 aliphatic carbocycles. The smallest absolute Gasteiger partial charge is 0.381 e. The van der Waals surface area contributed by atoms with E-state index >= 15 is 0 Å². The molecule has 0 saturated carbocycles. The van der Waals surface area contributed by atoms with E-state index in [9.17, 15) is 22.8 Å². The lowest BCUT2D eigenvalue weighted by Crippen LogP contribution is -2.29. The van der Waals surface area contributed by atoms with Crippen LogP contribution in [0.3, 0.4) is 0 Å². The minimum absolute atomic E-state index is 0.00592. The Kier molecular flexibility index (Phi) is 6.68. The zero-order chi connectivity index (χ0) is 23.4. The normalized spacial score (nSPS) is 14.2. The van der Waals surface area contributed by atoms with Crippen LogP contribution in [-0.4, -0.2) is 46.6 Å². The Hall–Kier alpha value is -3.34. The predicted molar refractivity (Wildman–Crippen MR) is 115 cm³/mol. The number of hydrogen-bond acceptors (Lipinski definition) is 7. The van der Waals surface area contributed by atoms with E-state index < -0.39 is 23.8 Å². The molecular weight excluding hydrogens is 457 g/mol. The van der Waals surface area contributed by atoms with E-state index in [0.717, 1.165) is 36.0 Å². The number of rotatable bonds is 5. The Balaban J connectivity index is 1.42. The summed E-state index contributed by atoms with van der Waals surface area (Å²) in [6.45, 7) is 2.15. The van der Waals surface area contributed by atoms with E-state index in [1.54, 1.807) is 12.1 Å². The summed E-state index contributed by atoms with van der Waals surface area (Å²) in [5.74, 6) is -4.14. The Morgan fingerprint density at radius 2 is 1.52 bits per heavy atom. The highest BCUT2D eigenvalue weighted by Gasteiger charge is 2.43. The van der Waals surface area contributed by atoms with Crippen molar-refractivity contribution in [1.82, 2.24) is 15.4 Å². The SMILES string of the molecule is O=C(OC(=O)C(F)(F)F)c1n[nH]nc1Sc1ccc(-c2ccc(N3CCCCC3)cc2)cc1. The molecule has 2 aromatic carbocycles. The number of hydrogen-bond donors (Lipinski definition) is 1. The van der Waals surface area contributed by atoms with E-state index in [1.165, 1.54) is 24.9 Å². The van der Waals surface area contributed by atoms with Gasteiger partial charge in [-0.05, 0) is 54.7 Å². The van der Waals surface area contributed by atoms with Crippen molar-refractivity contribution in [3.8, 4) is 11.1 Å². The van der Waals surface area contributed by atoms with Gasteiger partial charge in [0.1, 0.15) is 0 Å². The second-order valence-corrected chi connectivity index (χ2v) is 8.44. The number of esters is 2. The van der Waals surface area contributed by atoms with Gasteiger partial charge in [-0.3, -0.25) is 0 Å². The Labute approximate surface area is 191 Å². The van der Waals surface area contributed by atoms with Crippen LogP contribution in [0.25, 0.3) is 11.1 Å². The molecule has 1 aliphatic heterocycles. The summed E-state index contributed by atoms with van der Waals surface area (Å²) in [6.07, 6.45) is -1.58. The predicted octanol–water partition coefficient (Wildman–Crippen LogP) is 4.86. The number of anilines is 1. The molecule has 0 amide bonds. The van der Waals surface area contributed by atoms with Gasteiger partial charge in [-0.15, -0.1) is 10.2 Å². The van der Waals surface area contributed by atoms with E-state index in [1.807, 2.05) is 12.1 Å². The van der Waals surface area contributed by atoms with Gasteiger partial charge in [0.25, 0.3) is 0 Å². The Morgan fingerprint density at radius 3 is 2.12 bits per heavy atom. The molecular formula is C22H19F3N4O3S. The van der Waals surface area contributed by atoms with Crippen LogP contribution in [0.4, 0.5) is 18.9 Å².